The van der Waals surface area contributed by atoms with Crippen molar-refractivity contribution in [2.24, 2.45) is 0 Å². The lowest BCUT2D eigenvalue weighted by Gasteiger charge is -2.13. The van der Waals surface area contributed by atoms with Crippen LogP contribution in [-0.4, -0.2) is 23.5 Å². The minimum atomic E-state index is -0.452. The molecule has 110 valence electrons. The Morgan fingerprint density at radius 2 is 1.95 bits per heavy atom. The highest BCUT2D eigenvalue weighted by atomic mass is 16.5. The molecule has 1 atom stereocenters. The van der Waals surface area contributed by atoms with Gasteiger partial charge in [-0.05, 0) is 35.4 Å². The Morgan fingerprint density at radius 3 is 2.73 bits per heavy atom. The van der Waals surface area contributed by atoms with E-state index in [1.165, 1.54) is 13.2 Å². The van der Waals surface area contributed by atoms with Crippen molar-refractivity contribution >= 4 is 17.2 Å². The molecular weight excluding hydrogens is 278 g/mol. The third kappa shape index (κ3) is 2.51. The number of nitrogens with zero attached hydrogens (tertiary/aromatic N) is 1. The maximum atomic E-state index is 11.6. The summed E-state index contributed by atoms with van der Waals surface area (Å²) in [5, 5.41) is 10.7. The van der Waals surface area contributed by atoms with E-state index in [0.717, 1.165) is 28.3 Å². The molecule has 1 heterocycles. The molecule has 4 nitrogen and oxygen atoms in total. The number of aromatic nitrogens is 1. The van der Waals surface area contributed by atoms with Crippen LogP contribution in [0.1, 0.15) is 17.0 Å². The van der Waals surface area contributed by atoms with E-state index in [4.69, 9.17) is 4.74 Å². The van der Waals surface area contributed by atoms with Crippen molar-refractivity contribution in [2.45, 2.75) is 5.92 Å². The Hall–Kier alpha value is -2.88. The van der Waals surface area contributed by atoms with Crippen molar-refractivity contribution in [3.05, 3.63) is 65.9 Å². The van der Waals surface area contributed by atoms with Gasteiger partial charge in [0.1, 0.15) is 6.29 Å². The molecular formula is C18H15NO3. The Bertz CT molecular complexity index is 829. The molecule has 0 fully saturated rings. The van der Waals surface area contributed by atoms with E-state index >= 15 is 0 Å². The number of phenols is 1. The lowest BCUT2D eigenvalue weighted by atomic mass is 9.92. The molecule has 0 saturated carbocycles. The third-order valence-corrected chi connectivity index (χ3v) is 3.67. The fraction of sp³-hybridized carbons (Fsp3) is 0.111. The normalized spacial score (nSPS) is 12.0. The van der Waals surface area contributed by atoms with E-state index in [9.17, 15) is 9.90 Å². The van der Waals surface area contributed by atoms with Gasteiger partial charge in [0.05, 0.1) is 18.5 Å². The van der Waals surface area contributed by atoms with E-state index in [2.05, 4.69) is 4.98 Å². The zero-order valence-electron chi connectivity index (χ0n) is 12.1. The number of carbonyl (C=O) groups excluding carboxylic acids is 1. The smallest absolute Gasteiger partial charge is 0.160 e. The Balaban J connectivity index is 2.07. The standard InChI is InChI=1S/C18H15NO3/c1-22-18-9-12(6-7-17(18)21)15(11-20)14-8-13-4-2-3-5-16(13)19-10-14/h2-11,15,21H,1H3. The summed E-state index contributed by atoms with van der Waals surface area (Å²) < 4.78 is 5.10. The second-order valence-electron chi connectivity index (χ2n) is 5.01. The Labute approximate surface area is 128 Å². The molecule has 1 unspecified atom stereocenters. The van der Waals surface area contributed by atoms with Crippen LogP contribution in [0.15, 0.2) is 54.7 Å². The van der Waals surface area contributed by atoms with Crippen LogP contribution in [0, 0.1) is 0 Å². The van der Waals surface area contributed by atoms with Gasteiger partial charge in [0.25, 0.3) is 0 Å². The van der Waals surface area contributed by atoms with Crippen LogP contribution in [0.25, 0.3) is 10.9 Å². The fourth-order valence-corrected chi connectivity index (χ4v) is 2.50. The number of aromatic hydroxyl groups is 1. The van der Waals surface area contributed by atoms with Gasteiger partial charge in [-0.1, -0.05) is 24.3 Å². The first-order valence-electron chi connectivity index (χ1n) is 6.90. The molecule has 0 aliphatic rings. The molecule has 0 aliphatic heterocycles. The molecule has 4 heteroatoms. The zero-order chi connectivity index (χ0) is 15.5. The second kappa shape index (κ2) is 5.85. The molecule has 0 radical (unpaired) electrons. The van der Waals surface area contributed by atoms with E-state index in [-0.39, 0.29) is 5.75 Å². The number of fused-ring (bicyclic) bond motifs is 1. The molecule has 3 rings (SSSR count). The zero-order valence-corrected chi connectivity index (χ0v) is 12.1. The lowest BCUT2D eigenvalue weighted by Crippen LogP contribution is -2.03. The highest BCUT2D eigenvalue weighted by Gasteiger charge is 2.16. The number of phenolic OH excluding ortho intramolecular Hbond substituents is 1. The lowest BCUT2D eigenvalue weighted by molar-refractivity contribution is -0.108. The van der Waals surface area contributed by atoms with Crippen LogP contribution in [0.4, 0.5) is 0 Å². The van der Waals surface area contributed by atoms with Crippen LogP contribution in [-0.2, 0) is 4.79 Å². The number of rotatable bonds is 4. The minimum Gasteiger partial charge on any atom is -0.504 e. The number of pyridine rings is 1. The molecule has 1 N–H and O–H groups in total. The van der Waals surface area contributed by atoms with E-state index in [0.29, 0.717) is 5.75 Å². The number of hydrogen-bond acceptors (Lipinski definition) is 4. The predicted molar refractivity (Wildman–Crippen MR) is 84.3 cm³/mol. The third-order valence-electron chi connectivity index (χ3n) is 3.67. The first-order valence-corrected chi connectivity index (χ1v) is 6.90. The molecule has 0 spiro atoms. The second-order valence-corrected chi connectivity index (χ2v) is 5.01. The first-order chi connectivity index (χ1) is 10.7. The monoisotopic (exact) mass is 293 g/mol. The van der Waals surface area contributed by atoms with Crippen LogP contribution in [0.3, 0.4) is 0 Å². The predicted octanol–water partition coefficient (Wildman–Crippen LogP) is 3.28. The first kappa shape index (κ1) is 14.1. The van der Waals surface area contributed by atoms with Gasteiger partial charge in [0.15, 0.2) is 11.5 Å². The van der Waals surface area contributed by atoms with E-state index in [1.54, 1.807) is 18.3 Å². The van der Waals surface area contributed by atoms with Crippen molar-refractivity contribution < 1.29 is 14.6 Å². The van der Waals surface area contributed by atoms with Crippen LogP contribution in [0.2, 0.25) is 0 Å². The number of aldehydes is 1. The number of ether oxygens (including phenoxy) is 1. The van der Waals surface area contributed by atoms with Crippen LogP contribution in [0.5, 0.6) is 11.5 Å². The molecule has 0 aliphatic carbocycles. The maximum absolute atomic E-state index is 11.6. The molecule has 0 bridgehead atoms. The van der Waals surface area contributed by atoms with Crippen LogP contribution < -0.4 is 4.74 Å². The van der Waals surface area contributed by atoms with E-state index in [1.807, 2.05) is 30.3 Å². The van der Waals surface area contributed by atoms with Crippen molar-refractivity contribution in [1.29, 1.82) is 0 Å². The number of carbonyl (C=O) groups is 1. The molecule has 1 aromatic heterocycles. The summed E-state index contributed by atoms with van der Waals surface area (Å²) in [6.07, 6.45) is 2.58. The summed E-state index contributed by atoms with van der Waals surface area (Å²) in [7, 11) is 1.48. The summed E-state index contributed by atoms with van der Waals surface area (Å²) in [5.74, 6) is -0.0581. The van der Waals surface area contributed by atoms with Crippen molar-refractivity contribution in [3.63, 3.8) is 0 Å². The van der Waals surface area contributed by atoms with Gasteiger partial charge in [-0.2, -0.15) is 0 Å². The molecule has 0 saturated heterocycles. The molecule has 0 amide bonds. The maximum Gasteiger partial charge on any atom is 0.160 e. The van der Waals surface area contributed by atoms with Crippen molar-refractivity contribution in [1.82, 2.24) is 4.98 Å². The van der Waals surface area contributed by atoms with Gasteiger partial charge in [0, 0.05) is 11.6 Å². The van der Waals surface area contributed by atoms with Gasteiger partial charge >= 0.3 is 0 Å². The average molecular weight is 293 g/mol. The topological polar surface area (TPSA) is 59.4 Å². The van der Waals surface area contributed by atoms with Crippen molar-refractivity contribution in [3.8, 4) is 11.5 Å². The summed E-state index contributed by atoms with van der Waals surface area (Å²) in [4.78, 5) is 16.0. The van der Waals surface area contributed by atoms with E-state index < -0.39 is 5.92 Å². The van der Waals surface area contributed by atoms with Crippen molar-refractivity contribution in [2.75, 3.05) is 7.11 Å². The fourth-order valence-electron chi connectivity index (χ4n) is 2.50. The highest BCUT2D eigenvalue weighted by molar-refractivity contribution is 5.80. The molecule has 2 aromatic carbocycles. The Morgan fingerprint density at radius 1 is 1.14 bits per heavy atom. The highest BCUT2D eigenvalue weighted by Crippen LogP contribution is 2.32. The average Bonchev–Trinajstić information content (AvgIpc) is 2.57. The largest absolute Gasteiger partial charge is 0.504 e. The van der Waals surface area contributed by atoms with Gasteiger partial charge in [-0.15, -0.1) is 0 Å². The quantitative estimate of drug-likeness (QED) is 0.750. The minimum absolute atomic E-state index is 0.0486. The SMILES string of the molecule is COc1cc(C(C=O)c2cnc3ccccc3c2)ccc1O. The number of para-hydroxylation sites is 1. The molecule has 3 aromatic rings. The summed E-state index contributed by atoms with van der Waals surface area (Å²) >= 11 is 0. The van der Waals surface area contributed by atoms with Crippen LogP contribution >= 0.6 is 0 Å². The van der Waals surface area contributed by atoms with Gasteiger partial charge in [-0.25, -0.2) is 0 Å². The summed E-state index contributed by atoms with van der Waals surface area (Å²) in [5.41, 5.74) is 2.45. The summed E-state index contributed by atoms with van der Waals surface area (Å²) in [6, 6.07) is 14.6. The molecule has 22 heavy (non-hydrogen) atoms. The Kier molecular flexibility index (Phi) is 3.74. The van der Waals surface area contributed by atoms with Gasteiger partial charge in [-0.3, -0.25) is 4.98 Å². The van der Waals surface area contributed by atoms with Gasteiger partial charge < -0.3 is 14.6 Å². The number of hydrogen-bond donors (Lipinski definition) is 1. The number of methoxy groups -OCH3 is 1. The number of benzene rings is 2. The summed E-state index contributed by atoms with van der Waals surface area (Å²) in [6.45, 7) is 0. The van der Waals surface area contributed by atoms with Gasteiger partial charge in [0.2, 0.25) is 0 Å².